The van der Waals surface area contributed by atoms with Crippen molar-refractivity contribution in [2.45, 2.75) is 84.2 Å². The van der Waals surface area contributed by atoms with Crippen molar-refractivity contribution < 1.29 is 4.74 Å². The zero-order valence-electron chi connectivity index (χ0n) is 14.3. The van der Waals surface area contributed by atoms with Crippen LogP contribution in [0.5, 0.6) is 0 Å². The summed E-state index contributed by atoms with van der Waals surface area (Å²) in [4.78, 5) is 0. The van der Waals surface area contributed by atoms with Crippen molar-refractivity contribution in [1.29, 1.82) is 0 Å². The van der Waals surface area contributed by atoms with Gasteiger partial charge in [0, 0.05) is 13.2 Å². The van der Waals surface area contributed by atoms with E-state index in [1.165, 1.54) is 57.8 Å². The number of rotatable bonds is 10. The Hall–Kier alpha value is -0.0800. The molecule has 0 aromatic heterocycles. The first kappa shape index (κ1) is 18.0. The van der Waals surface area contributed by atoms with Crippen LogP contribution in [0, 0.1) is 11.8 Å². The number of hydrogen-bond donors (Lipinski definition) is 1. The van der Waals surface area contributed by atoms with Crippen LogP contribution in [-0.2, 0) is 4.74 Å². The van der Waals surface area contributed by atoms with Crippen molar-refractivity contribution in [2.24, 2.45) is 11.8 Å². The molecule has 0 heterocycles. The summed E-state index contributed by atoms with van der Waals surface area (Å²) in [6.07, 6.45) is 11.8. The third-order valence-corrected chi connectivity index (χ3v) is 5.04. The van der Waals surface area contributed by atoms with Crippen LogP contribution in [0.3, 0.4) is 0 Å². The third kappa shape index (κ3) is 6.13. The second-order valence-electron chi connectivity index (χ2n) is 7.06. The Morgan fingerprint density at radius 1 is 1.10 bits per heavy atom. The molecule has 20 heavy (non-hydrogen) atoms. The molecule has 1 aliphatic rings. The highest BCUT2D eigenvalue weighted by atomic mass is 16.5. The number of unbranched alkanes of at least 4 members (excludes halogenated alkanes) is 4. The van der Waals surface area contributed by atoms with Crippen molar-refractivity contribution in [2.75, 3.05) is 20.2 Å². The van der Waals surface area contributed by atoms with Gasteiger partial charge >= 0.3 is 0 Å². The lowest BCUT2D eigenvalue weighted by atomic mass is 9.74. The molecule has 120 valence electrons. The molecular formula is C18H37NO. The molecule has 1 rings (SSSR count). The Bertz CT molecular complexity index is 232. The van der Waals surface area contributed by atoms with E-state index in [0.29, 0.717) is 0 Å². The minimum Gasteiger partial charge on any atom is -0.374 e. The molecule has 0 atom stereocenters. The maximum Gasteiger partial charge on any atom is 0.0806 e. The van der Waals surface area contributed by atoms with Crippen LogP contribution in [0.2, 0.25) is 0 Å². The smallest absolute Gasteiger partial charge is 0.0806 e. The lowest BCUT2D eigenvalue weighted by molar-refractivity contribution is -0.0796. The Morgan fingerprint density at radius 2 is 1.75 bits per heavy atom. The van der Waals surface area contributed by atoms with Crippen LogP contribution in [0.15, 0.2) is 0 Å². The Morgan fingerprint density at radius 3 is 2.30 bits per heavy atom. The quantitative estimate of drug-likeness (QED) is 0.583. The van der Waals surface area contributed by atoms with E-state index in [2.05, 4.69) is 33.1 Å². The van der Waals surface area contributed by atoms with Gasteiger partial charge < -0.3 is 10.1 Å². The summed E-state index contributed by atoms with van der Waals surface area (Å²) in [5, 5.41) is 3.36. The van der Waals surface area contributed by atoms with Crippen molar-refractivity contribution in [1.82, 2.24) is 5.32 Å². The van der Waals surface area contributed by atoms with Gasteiger partial charge in [0.05, 0.1) is 5.60 Å². The number of hydrogen-bond acceptors (Lipinski definition) is 2. The summed E-state index contributed by atoms with van der Waals surface area (Å²) < 4.78 is 6.36. The van der Waals surface area contributed by atoms with E-state index in [9.17, 15) is 0 Å². The molecule has 1 saturated carbocycles. The van der Waals surface area contributed by atoms with Gasteiger partial charge in [0.15, 0.2) is 0 Å². The Balaban J connectivity index is 2.29. The van der Waals surface area contributed by atoms with Crippen LogP contribution in [-0.4, -0.2) is 25.8 Å². The standard InChI is InChI=1S/C18H37NO/c1-5-6-7-8-9-14-20-18(15-19-4)12-10-17(11-13-18)16(2)3/h16-17,19H,5-15H2,1-4H3. The lowest BCUT2D eigenvalue weighted by Crippen LogP contribution is -2.45. The van der Waals surface area contributed by atoms with Gasteiger partial charge in [-0.3, -0.25) is 0 Å². The Labute approximate surface area is 127 Å². The van der Waals surface area contributed by atoms with E-state index in [-0.39, 0.29) is 5.60 Å². The molecule has 1 N–H and O–H groups in total. The summed E-state index contributed by atoms with van der Waals surface area (Å²) in [7, 11) is 2.06. The predicted octanol–water partition coefficient (Wildman–Crippen LogP) is 4.78. The van der Waals surface area contributed by atoms with E-state index < -0.39 is 0 Å². The first-order chi connectivity index (χ1) is 9.63. The van der Waals surface area contributed by atoms with Gasteiger partial charge in [-0.05, 0) is 51.0 Å². The van der Waals surface area contributed by atoms with Gasteiger partial charge in [-0.2, -0.15) is 0 Å². The molecule has 0 aromatic rings. The minimum absolute atomic E-state index is 0.130. The molecule has 0 radical (unpaired) electrons. The van der Waals surface area contributed by atoms with Crippen LogP contribution in [0.25, 0.3) is 0 Å². The normalized spacial score (nSPS) is 27.1. The predicted molar refractivity (Wildman–Crippen MR) is 88.2 cm³/mol. The largest absolute Gasteiger partial charge is 0.374 e. The summed E-state index contributed by atoms with van der Waals surface area (Å²) in [5.74, 6) is 1.74. The fraction of sp³-hybridized carbons (Fsp3) is 1.00. The highest BCUT2D eigenvalue weighted by molar-refractivity contribution is 4.89. The summed E-state index contributed by atoms with van der Waals surface area (Å²) in [5.41, 5.74) is 0.130. The van der Waals surface area contributed by atoms with Crippen LogP contribution < -0.4 is 5.32 Å². The Kier molecular flexibility index (Phi) is 8.79. The summed E-state index contributed by atoms with van der Waals surface area (Å²) in [6, 6.07) is 0. The molecular weight excluding hydrogens is 246 g/mol. The highest BCUT2D eigenvalue weighted by Crippen LogP contribution is 2.37. The van der Waals surface area contributed by atoms with Crippen molar-refractivity contribution in [3.8, 4) is 0 Å². The van der Waals surface area contributed by atoms with E-state index >= 15 is 0 Å². The first-order valence-electron chi connectivity index (χ1n) is 8.92. The zero-order chi connectivity index (χ0) is 14.8. The number of likely N-dealkylation sites (N-methyl/N-ethyl adjacent to an activating group) is 1. The maximum atomic E-state index is 6.36. The molecule has 1 fully saturated rings. The van der Waals surface area contributed by atoms with E-state index in [1.54, 1.807) is 0 Å². The van der Waals surface area contributed by atoms with Gasteiger partial charge in [-0.15, -0.1) is 0 Å². The van der Waals surface area contributed by atoms with Gasteiger partial charge in [0.25, 0.3) is 0 Å². The van der Waals surface area contributed by atoms with Gasteiger partial charge in [0.2, 0.25) is 0 Å². The maximum absolute atomic E-state index is 6.36. The van der Waals surface area contributed by atoms with Crippen LogP contribution in [0.1, 0.15) is 78.6 Å². The number of ether oxygens (including phenoxy) is 1. The molecule has 2 nitrogen and oxygen atoms in total. The van der Waals surface area contributed by atoms with E-state index in [0.717, 1.165) is 25.0 Å². The van der Waals surface area contributed by atoms with Crippen LogP contribution >= 0.6 is 0 Å². The van der Waals surface area contributed by atoms with Crippen molar-refractivity contribution in [3.63, 3.8) is 0 Å². The fourth-order valence-corrected chi connectivity index (χ4v) is 3.52. The molecule has 0 spiro atoms. The number of nitrogens with one attached hydrogen (secondary N) is 1. The fourth-order valence-electron chi connectivity index (χ4n) is 3.52. The van der Waals surface area contributed by atoms with E-state index in [1.807, 2.05) is 0 Å². The SMILES string of the molecule is CCCCCCCOC1(CNC)CCC(C(C)C)CC1. The van der Waals surface area contributed by atoms with E-state index in [4.69, 9.17) is 4.74 Å². The highest BCUT2D eigenvalue weighted by Gasteiger charge is 2.36. The monoisotopic (exact) mass is 283 g/mol. The third-order valence-electron chi connectivity index (χ3n) is 5.04. The second kappa shape index (κ2) is 9.78. The van der Waals surface area contributed by atoms with Gasteiger partial charge in [-0.1, -0.05) is 46.5 Å². The lowest BCUT2D eigenvalue weighted by Gasteiger charge is -2.41. The van der Waals surface area contributed by atoms with Gasteiger partial charge in [0.1, 0.15) is 0 Å². The first-order valence-corrected chi connectivity index (χ1v) is 8.92. The zero-order valence-corrected chi connectivity index (χ0v) is 14.3. The van der Waals surface area contributed by atoms with Crippen molar-refractivity contribution >= 4 is 0 Å². The summed E-state index contributed by atoms with van der Waals surface area (Å²) in [6.45, 7) is 8.98. The van der Waals surface area contributed by atoms with Crippen molar-refractivity contribution in [3.05, 3.63) is 0 Å². The molecule has 0 bridgehead atoms. The molecule has 2 heteroatoms. The summed E-state index contributed by atoms with van der Waals surface area (Å²) >= 11 is 0. The average Bonchev–Trinajstić information content (AvgIpc) is 2.43. The molecule has 1 aliphatic carbocycles. The molecule has 0 aliphatic heterocycles. The minimum atomic E-state index is 0.130. The van der Waals surface area contributed by atoms with Gasteiger partial charge in [-0.25, -0.2) is 0 Å². The molecule has 0 amide bonds. The molecule has 0 unspecified atom stereocenters. The molecule has 0 saturated heterocycles. The van der Waals surface area contributed by atoms with Crippen LogP contribution in [0.4, 0.5) is 0 Å². The average molecular weight is 284 g/mol. The molecule has 0 aromatic carbocycles. The second-order valence-corrected chi connectivity index (χ2v) is 7.06. The topological polar surface area (TPSA) is 21.3 Å².